The number of pyridine rings is 4. The Morgan fingerprint density at radius 1 is 0.655 bits per heavy atom. The zero-order valence-corrected chi connectivity index (χ0v) is 30.0. The summed E-state index contributed by atoms with van der Waals surface area (Å²) in [6.07, 6.45) is 9.48. The molecule has 0 unspecified atom stereocenters. The normalized spacial score (nSPS) is 19.8. The van der Waals surface area contributed by atoms with Gasteiger partial charge in [0.05, 0.1) is 23.5 Å². The number of nitrogens with zero attached hydrogens (tertiary/aromatic N) is 8. The quantitative estimate of drug-likeness (QED) is 0.197. The first-order valence-corrected chi connectivity index (χ1v) is 18.6. The zero-order valence-electron chi connectivity index (χ0n) is 30.0. The molecule has 0 aromatic carbocycles. The van der Waals surface area contributed by atoms with Gasteiger partial charge in [0.15, 0.2) is 17.3 Å². The summed E-state index contributed by atoms with van der Waals surface area (Å²) < 4.78 is 0. The molecule has 2 saturated carbocycles. The molecule has 4 aromatic rings. The second-order valence-electron chi connectivity index (χ2n) is 14.3. The predicted octanol–water partition coefficient (Wildman–Crippen LogP) is 3.91. The number of hydrogen-bond donors (Lipinski definition) is 5. The number of carboxylic acid groups (broad SMARTS) is 1. The molecule has 55 heavy (non-hydrogen) atoms. The molecule has 4 aliphatic heterocycles. The van der Waals surface area contributed by atoms with Crippen molar-refractivity contribution in [2.24, 2.45) is 5.73 Å². The van der Waals surface area contributed by atoms with E-state index in [0.717, 1.165) is 63.2 Å². The summed E-state index contributed by atoms with van der Waals surface area (Å²) in [5.74, 6) is 0.567. The van der Waals surface area contributed by atoms with Crippen molar-refractivity contribution in [1.29, 1.82) is 0 Å². The first-order valence-electron chi connectivity index (χ1n) is 18.6. The van der Waals surface area contributed by atoms with Gasteiger partial charge in [0.25, 0.3) is 5.91 Å². The Hall–Kier alpha value is -6.36. The molecule has 2 aliphatic carbocycles. The maximum Gasteiger partial charge on any atom is 0.354 e. The van der Waals surface area contributed by atoms with Crippen molar-refractivity contribution in [3.8, 4) is 0 Å². The van der Waals surface area contributed by atoms with E-state index in [1.807, 2.05) is 12.1 Å². The molecule has 17 nitrogen and oxygen atoms in total. The number of nitrogens with one attached hydrogen (secondary N) is 3. The molecule has 4 aromatic heterocycles. The number of carbonyl (C=O) groups is 4. The highest BCUT2D eigenvalue weighted by atomic mass is 16.4. The molecule has 2 saturated heterocycles. The smallest absolute Gasteiger partial charge is 0.354 e. The summed E-state index contributed by atoms with van der Waals surface area (Å²) in [4.78, 5) is 74.0. The Bertz CT molecular complexity index is 2080. The lowest BCUT2D eigenvalue weighted by atomic mass is 10.1. The standard InChI is InChI=1S/C19H20N6O2.C16H15N5O3.C3H7N/c26-18(21-12-4-5-12)14-6-7-15-17(22-14)25(13-8-10-24(15)11-13)19(27)23-16-3-1-2-9-20-16;22-15(23)11-4-5-12-14(18-11)21(10-6-8-20(12)9-10)16(24)19-13-3-1-2-7-17-13;4-3-1-2-3/h1-3,6-7,9,12-13H,4-5,8,10-11H2,(H,21,26)(H,20,23,27);1-5,7,10H,6,8-9H2,(H,22,23)(H,17,19,24);3H,1-2,4H2/t13-;10-;/m00./s1. The fraction of sp³-hybridized carbons (Fsp3) is 0.368. The van der Waals surface area contributed by atoms with Crippen molar-refractivity contribution < 1.29 is 24.3 Å². The zero-order chi connectivity index (χ0) is 38.1. The third-order valence-electron chi connectivity index (χ3n) is 10.1. The van der Waals surface area contributed by atoms with Crippen molar-refractivity contribution >= 4 is 58.6 Å². The van der Waals surface area contributed by atoms with Crippen LogP contribution in [-0.4, -0.2) is 99.3 Å². The molecule has 8 heterocycles. The average molecular weight is 747 g/mol. The summed E-state index contributed by atoms with van der Waals surface area (Å²) in [5, 5.41) is 17.7. The van der Waals surface area contributed by atoms with E-state index in [0.29, 0.717) is 35.0 Å². The van der Waals surface area contributed by atoms with Crippen LogP contribution >= 0.6 is 0 Å². The van der Waals surface area contributed by atoms with Gasteiger partial charge in [-0.2, -0.15) is 0 Å². The van der Waals surface area contributed by atoms with Crippen LogP contribution in [0.1, 0.15) is 59.5 Å². The Morgan fingerprint density at radius 2 is 1.15 bits per heavy atom. The molecule has 10 rings (SSSR count). The number of amides is 5. The van der Waals surface area contributed by atoms with Crippen molar-refractivity contribution in [3.63, 3.8) is 0 Å². The van der Waals surface area contributed by atoms with Gasteiger partial charge in [-0.3, -0.25) is 25.2 Å². The number of aromatic nitrogens is 4. The Kier molecular flexibility index (Phi) is 9.84. The highest BCUT2D eigenvalue weighted by molar-refractivity contribution is 6.06. The lowest BCUT2D eigenvalue weighted by molar-refractivity contribution is 0.0690. The van der Waals surface area contributed by atoms with Gasteiger partial charge in [0.2, 0.25) is 0 Å². The van der Waals surface area contributed by atoms with Gasteiger partial charge in [0, 0.05) is 50.7 Å². The minimum Gasteiger partial charge on any atom is -0.477 e. The van der Waals surface area contributed by atoms with E-state index in [1.54, 1.807) is 64.7 Å². The molecule has 4 fully saturated rings. The van der Waals surface area contributed by atoms with Crippen molar-refractivity contribution in [2.45, 2.75) is 62.7 Å². The third kappa shape index (κ3) is 7.96. The van der Waals surface area contributed by atoms with Crippen LogP contribution in [0, 0.1) is 0 Å². The van der Waals surface area contributed by atoms with Crippen LogP contribution < -0.4 is 41.3 Å². The molecule has 5 amide bonds. The monoisotopic (exact) mass is 746 g/mol. The molecular formula is C38H42N12O5. The van der Waals surface area contributed by atoms with E-state index in [1.165, 1.54) is 18.9 Å². The predicted molar refractivity (Wildman–Crippen MR) is 206 cm³/mol. The minimum absolute atomic E-state index is 0.0299. The second-order valence-corrected chi connectivity index (χ2v) is 14.3. The molecular weight excluding hydrogens is 704 g/mol. The lowest BCUT2D eigenvalue weighted by Crippen LogP contribution is -2.48. The summed E-state index contributed by atoms with van der Waals surface area (Å²) in [5.41, 5.74) is 7.17. The molecule has 6 N–H and O–H groups in total. The second kappa shape index (κ2) is 15.2. The molecule has 0 radical (unpaired) electrons. The van der Waals surface area contributed by atoms with Crippen LogP contribution in [0.5, 0.6) is 0 Å². The Labute approximate surface area is 316 Å². The Morgan fingerprint density at radius 3 is 1.58 bits per heavy atom. The lowest BCUT2D eigenvalue weighted by Gasteiger charge is -2.35. The van der Waals surface area contributed by atoms with Gasteiger partial charge < -0.3 is 26.0 Å². The van der Waals surface area contributed by atoms with Gasteiger partial charge in [0.1, 0.15) is 17.3 Å². The van der Waals surface area contributed by atoms with Crippen molar-refractivity contribution in [1.82, 2.24) is 25.3 Å². The highest BCUT2D eigenvalue weighted by Gasteiger charge is 2.42. The first kappa shape index (κ1) is 35.7. The van der Waals surface area contributed by atoms with Crippen LogP contribution in [0.2, 0.25) is 0 Å². The van der Waals surface area contributed by atoms with Crippen LogP contribution in [0.15, 0.2) is 73.1 Å². The van der Waals surface area contributed by atoms with Crippen LogP contribution in [0.25, 0.3) is 0 Å². The molecule has 284 valence electrons. The molecule has 6 aliphatic rings. The number of aromatic carboxylic acids is 1. The summed E-state index contributed by atoms with van der Waals surface area (Å²) >= 11 is 0. The number of hydrogen-bond acceptors (Lipinski definition) is 11. The maximum atomic E-state index is 13.0. The number of nitrogens with two attached hydrogens (primary N) is 1. The van der Waals surface area contributed by atoms with E-state index < -0.39 is 5.97 Å². The number of carbonyl (C=O) groups excluding carboxylic acids is 3. The number of carboxylic acids is 1. The molecule has 4 bridgehead atoms. The number of urea groups is 2. The number of fused-ring (bicyclic) bond motifs is 8. The van der Waals surface area contributed by atoms with Crippen LogP contribution in [-0.2, 0) is 0 Å². The van der Waals surface area contributed by atoms with Gasteiger partial charge in [-0.15, -0.1) is 0 Å². The van der Waals surface area contributed by atoms with E-state index in [2.05, 4.69) is 45.7 Å². The van der Waals surface area contributed by atoms with Gasteiger partial charge >= 0.3 is 18.0 Å². The fourth-order valence-corrected chi connectivity index (χ4v) is 6.98. The number of rotatable bonds is 5. The van der Waals surface area contributed by atoms with Gasteiger partial charge in [-0.25, -0.2) is 34.3 Å². The van der Waals surface area contributed by atoms with Crippen molar-refractivity contribution in [2.75, 3.05) is 56.4 Å². The summed E-state index contributed by atoms with van der Waals surface area (Å²) in [6, 6.07) is 17.7. The highest BCUT2D eigenvalue weighted by Crippen LogP contribution is 2.40. The SMILES string of the molecule is NC1CC1.O=C(NC1CC1)c1ccc2c(n1)N(C(=O)Nc1ccccn1)[C@H]1CCN2C1.O=C(O)c1ccc2c(n1)N(C(=O)Nc1ccccn1)[C@H]1CCN2C1. The first-order chi connectivity index (χ1) is 26.7. The molecule has 17 heteroatoms. The third-order valence-corrected chi connectivity index (χ3v) is 10.1. The summed E-state index contributed by atoms with van der Waals surface area (Å²) in [6.45, 7) is 3.19. The van der Waals surface area contributed by atoms with Crippen molar-refractivity contribution in [3.05, 3.63) is 84.4 Å². The van der Waals surface area contributed by atoms with E-state index in [4.69, 9.17) is 5.73 Å². The molecule has 0 spiro atoms. The van der Waals surface area contributed by atoms with E-state index in [-0.39, 0.29) is 41.8 Å². The van der Waals surface area contributed by atoms with Crippen LogP contribution in [0.3, 0.4) is 0 Å². The van der Waals surface area contributed by atoms with E-state index in [9.17, 15) is 24.3 Å². The summed E-state index contributed by atoms with van der Waals surface area (Å²) in [7, 11) is 0. The van der Waals surface area contributed by atoms with E-state index >= 15 is 0 Å². The molecule has 2 atom stereocenters. The fourth-order valence-electron chi connectivity index (χ4n) is 6.98. The van der Waals surface area contributed by atoms with Crippen LogP contribution in [0.4, 0.5) is 44.2 Å². The average Bonchev–Trinajstić information content (AvgIpc) is 4.11. The number of anilines is 6. The van der Waals surface area contributed by atoms with Gasteiger partial charge in [-0.05, 0) is 87.1 Å². The van der Waals surface area contributed by atoms with Gasteiger partial charge in [-0.1, -0.05) is 12.1 Å². The minimum atomic E-state index is -1.11. The Balaban J connectivity index is 0.000000142. The topological polar surface area (TPSA) is 215 Å². The maximum absolute atomic E-state index is 13.0. The largest absolute Gasteiger partial charge is 0.477 e.